The molecule has 5 heteroatoms. The van der Waals surface area contributed by atoms with E-state index in [1.165, 1.54) is 43.2 Å². The van der Waals surface area contributed by atoms with Gasteiger partial charge in [-0.3, -0.25) is 0 Å². The summed E-state index contributed by atoms with van der Waals surface area (Å²) in [6, 6.07) is 17.0. The molecule has 0 spiro atoms. The maximum atomic E-state index is 12.1. The number of rotatable bonds is 6. The van der Waals surface area contributed by atoms with Gasteiger partial charge in [0.1, 0.15) is 11.9 Å². The van der Waals surface area contributed by atoms with Gasteiger partial charge < -0.3 is 19.5 Å². The number of piperidine rings is 1. The molecule has 0 aromatic heterocycles. The largest absolute Gasteiger partial charge is 0.511 e. The number of carbonyl (C=O) groups excluding carboxylic acids is 1. The first-order valence-electron chi connectivity index (χ1n) is 12.0. The molecule has 0 radical (unpaired) electrons. The fourth-order valence-corrected chi connectivity index (χ4v) is 6.32. The maximum absolute atomic E-state index is 12.1. The van der Waals surface area contributed by atoms with Crippen LogP contribution in [0.1, 0.15) is 55.7 Å². The topological polar surface area (TPSA) is 56.8 Å². The summed E-state index contributed by atoms with van der Waals surface area (Å²) in [5, 5.41) is 3.77. The van der Waals surface area contributed by atoms with E-state index in [0.717, 1.165) is 30.2 Å². The first-order chi connectivity index (χ1) is 15.6. The van der Waals surface area contributed by atoms with Crippen LogP contribution in [-0.4, -0.2) is 31.6 Å². The molecular formula is C27H33NO4. The van der Waals surface area contributed by atoms with Crippen LogP contribution in [0.15, 0.2) is 48.5 Å². The summed E-state index contributed by atoms with van der Waals surface area (Å²) < 4.78 is 16.4. The Morgan fingerprint density at radius 1 is 1.16 bits per heavy atom. The van der Waals surface area contributed by atoms with Gasteiger partial charge in [-0.15, -0.1) is 0 Å². The second-order valence-electron chi connectivity index (χ2n) is 9.62. The quantitative estimate of drug-likeness (QED) is 0.502. The van der Waals surface area contributed by atoms with Gasteiger partial charge in [0.15, 0.2) is 0 Å². The van der Waals surface area contributed by atoms with Crippen LogP contribution < -0.4 is 10.1 Å². The highest BCUT2D eigenvalue weighted by Gasteiger charge is 2.51. The zero-order valence-electron chi connectivity index (χ0n) is 18.8. The van der Waals surface area contributed by atoms with Gasteiger partial charge in [-0.2, -0.15) is 0 Å². The van der Waals surface area contributed by atoms with Crippen molar-refractivity contribution in [1.29, 1.82) is 0 Å². The zero-order chi connectivity index (χ0) is 22.0. The Morgan fingerprint density at radius 2 is 2.03 bits per heavy atom. The molecule has 2 aliphatic carbocycles. The van der Waals surface area contributed by atoms with E-state index in [1.54, 1.807) is 0 Å². The van der Waals surface area contributed by atoms with E-state index in [9.17, 15) is 4.79 Å². The molecule has 2 bridgehead atoms. The van der Waals surface area contributed by atoms with Crippen molar-refractivity contribution in [2.24, 2.45) is 5.92 Å². The third-order valence-electron chi connectivity index (χ3n) is 7.68. The van der Waals surface area contributed by atoms with Crippen molar-refractivity contribution in [1.82, 2.24) is 5.32 Å². The van der Waals surface area contributed by atoms with E-state index >= 15 is 0 Å². The van der Waals surface area contributed by atoms with Gasteiger partial charge in [0.05, 0.1) is 0 Å². The third-order valence-corrected chi connectivity index (χ3v) is 7.68. The monoisotopic (exact) mass is 435 g/mol. The van der Waals surface area contributed by atoms with E-state index in [-0.39, 0.29) is 18.3 Å². The molecule has 5 rings (SSSR count). The maximum Gasteiger partial charge on any atom is 0.511 e. The minimum absolute atomic E-state index is 0.143. The standard InChI is InChI=1S/C27H33NO4/c1-19(15-20-7-3-2-4-8-20)32-26(29)31-18-30-22-11-10-21-16-25-23-9-5-6-12-27(23,13-14-28-25)24(21)17-22/h2-4,7-8,10-11,17,19,23,25,28H,5-6,9,12-16,18H2,1H3/t19?,23-,25+,27-/m1/s1. The highest BCUT2D eigenvalue weighted by molar-refractivity contribution is 5.60. The van der Waals surface area contributed by atoms with Crippen LogP contribution in [0.3, 0.4) is 0 Å². The molecule has 0 amide bonds. The summed E-state index contributed by atoms with van der Waals surface area (Å²) in [5.74, 6) is 1.50. The molecule has 2 aromatic carbocycles. The summed E-state index contributed by atoms with van der Waals surface area (Å²) in [4.78, 5) is 12.1. The smallest absolute Gasteiger partial charge is 0.457 e. The number of fused-ring (bicyclic) bond motifs is 1. The molecule has 2 aromatic rings. The number of hydrogen-bond acceptors (Lipinski definition) is 5. The van der Waals surface area contributed by atoms with Crippen LogP contribution in [-0.2, 0) is 27.7 Å². The van der Waals surface area contributed by atoms with Crippen LogP contribution >= 0.6 is 0 Å². The van der Waals surface area contributed by atoms with E-state index < -0.39 is 6.16 Å². The third kappa shape index (κ3) is 4.23. The number of hydrogen-bond donors (Lipinski definition) is 1. The number of benzene rings is 2. The lowest BCUT2D eigenvalue weighted by Gasteiger charge is -2.56. The molecule has 2 fully saturated rings. The molecule has 1 heterocycles. The highest BCUT2D eigenvalue weighted by atomic mass is 16.8. The lowest BCUT2D eigenvalue weighted by Crippen LogP contribution is -2.59. The van der Waals surface area contributed by atoms with Crippen LogP contribution in [0.2, 0.25) is 0 Å². The van der Waals surface area contributed by atoms with Crippen molar-refractivity contribution in [2.45, 2.75) is 69.4 Å². The van der Waals surface area contributed by atoms with Gasteiger partial charge in [-0.25, -0.2) is 4.79 Å². The second-order valence-corrected chi connectivity index (χ2v) is 9.62. The van der Waals surface area contributed by atoms with Gasteiger partial charge in [0.2, 0.25) is 6.79 Å². The van der Waals surface area contributed by atoms with Crippen molar-refractivity contribution in [2.75, 3.05) is 13.3 Å². The molecule has 1 saturated carbocycles. The van der Waals surface area contributed by atoms with E-state index in [4.69, 9.17) is 14.2 Å². The van der Waals surface area contributed by atoms with Crippen LogP contribution in [0, 0.1) is 5.92 Å². The molecule has 1 unspecified atom stereocenters. The van der Waals surface area contributed by atoms with Crippen molar-refractivity contribution < 1.29 is 19.0 Å². The molecule has 170 valence electrons. The minimum atomic E-state index is -0.696. The minimum Gasteiger partial charge on any atom is -0.457 e. The summed E-state index contributed by atoms with van der Waals surface area (Å²) in [7, 11) is 0. The Bertz CT molecular complexity index is 942. The summed E-state index contributed by atoms with van der Waals surface area (Å²) in [5.41, 5.74) is 4.33. The molecule has 3 aliphatic rings. The van der Waals surface area contributed by atoms with E-state index in [1.807, 2.05) is 43.3 Å². The summed E-state index contributed by atoms with van der Waals surface area (Å²) >= 11 is 0. The molecule has 32 heavy (non-hydrogen) atoms. The molecule has 1 saturated heterocycles. The van der Waals surface area contributed by atoms with Crippen molar-refractivity contribution in [3.8, 4) is 5.75 Å². The Hall–Kier alpha value is -2.53. The fraction of sp³-hybridized carbons (Fsp3) is 0.519. The molecule has 4 atom stereocenters. The van der Waals surface area contributed by atoms with Crippen LogP contribution in [0.4, 0.5) is 4.79 Å². The Morgan fingerprint density at radius 3 is 2.91 bits per heavy atom. The Kier molecular flexibility index (Phi) is 6.09. The van der Waals surface area contributed by atoms with E-state index in [2.05, 4.69) is 17.4 Å². The first-order valence-corrected chi connectivity index (χ1v) is 12.0. The number of nitrogens with one attached hydrogen (secondary N) is 1. The Labute approximate surface area is 190 Å². The van der Waals surface area contributed by atoms with Gasteiger partial charge in [-0.1, -0.05) is 49.2 Å². The number of carbonyl (C=O) groups is 1. The average molecular weight is 436 g/mol. The SMILES string of the molecule is CC(Cc1ccccc1)OC(=O)OCOc1ccc2c(c1)[C@@]13CCCC[C@@H]1[C@H](C2)NCC3. The van der Waals surface area contributed by atoms with Gasteiger partial charge in [0.25, 0.3) is 0 Å². The predicted molar refractivity (Wildman–Crippen MR) is 123 cm³/mol. The summed E-state index contributed by atoms with van der Waals surface area (Å²) in [6.45, 7) is 2.82. The zero-order valence-corrected chi connectivity index (χ0v) is 18.8. The van der Waals surface area contributed by atoms with Gasteiger partial charge in [0, 0.05) is 17.9 Å². The molecular weight excluding hydrogens is 402 g/mol. The van der Waals surface area contributed by atoms with Crippen molar-refractivity contribution in [3.05, 3.63) is 65.2 Å². The number of ether oxygens (including phenoxy) is 3. The van der Waals surface area contributed by atoms with Gasteiger partial charge in [-0.05, 0) is 73.9 Å². The molecule has 5 nitrogen and oxygen atoms in total. The second kappa shape index (κ2) is 9.14. The van der Waals surface area contributed by atoms with Gasteiger partial charge >= 0.3 is 6.16 Å². The summed E-state index contributed by atoms with van der Waals surface area (Å²) in [6.07, 6.45) is 7.24. The van der Waals surface area contributed by atoms with Crippen molar-refractivity contribution >= 4 is 6.16 Å². The van der Waals surface area contributed by atoms with Crippen molar-refractivity contribution in [3.63, 3.8) is 0 Å². The lowest BCUT2D eigenvalue weighted by molar-refractivity contribution is -0.0115. The molecule has 1 N–H and O–H groups in total. The predicted octanol–water partition coefficient (Wildman–Crippen LogP) is 5.15. The molecule has 1 aliphatic heterocycles. The normalized spacial score (nSPS) is 26.9. The highest BCUT2D eigenvalue weighted by Crippen LogP contribution is 2.54. The van der Waals surface area contributed by atoms with E-state index in [0.29, 0.717) is 12.5 Å². The lowest BCUT2D eigenvalue weighted by atomic mass is 9.53. The Balaban J connectivity index is 1.18. The average Bonchev–Trinajstić information content (AvgIpc) is 2.80. The fourth-order valence-electron chi connectivity index (χ4n) is 6.32. The van der Waals surface area contributed by atoms with Crippen LogP contribution in [0.25, 0.3) is 0 Å². The first kappa shape index (κ1) is 21.3. The van der Waals surface area contributed by atoms with Crippen LogP contribution in [0.5, 0.6) is 5.75 Å².